The number of ketones is 2. The summed E-state index contributed by atoms with van der Waals surface area (Å²) < 4.78 is 0. The molecule has 0 heterocycles. The molecule has 5 heteroatoms. The van der Waals surface area contributed by atoms with Crippen LogP contribution in [0, 0.1) is 53.7 Å². The van der Waals surface area contributed by atoms with E-state index in [0.29, 0.717) is 0 Å². The first-order valence-electron chi connectivity index (χ1n) is 27.0. The molecule has 0 atom stereocenters. The van der Waals surface area contributed by atoms with E-state index in [-0.39, 0.29) is 32.0 Å². The maximum Gasteiger partial charge on any atom is 2.00 e. The maximum absolute atomic E-state index is 11.6. The molecule has 0 radical (unpaired) electrons. The first-order valence-corrected chi connectivity index (χ1v) is 30.0. The minimum Gasteiger partial charge on any atom is -0.319 e. The van der Waals surface area contributed by atoms with Crippen LogP contribution in [0.5, 0.6) is 0 Å². The van der Waals surface area contributed by atoms with Crippen molar-refractivity contribution in [3.8, 4) is 0 Å². The van der Waals surface area contributed by atoms with Gasteiger partial charge in [-0.2, -0.15) is 12.2 Å². The Kier molecular flexibility index (Phi) is 25.8. The summed E-state index contributed by atoms with van der Waals surface area (Å²) >= 11 is 0. The number of benzene rings is 10. The SMILES string of the molecule is Cc1ccccc1[PH+](c1ccccc1C)c1ccccc1C.Cc1ccccc1[PH+](c1ccccc1C)c1ccccc1C.O=C([C-]=Cc1ccccc1)C=Cc1ccccc1.O=C([C-]=Cc1ccccc1)C=Cc1ccccc1.[Pd+2]. The molecule has 0 aromatic heterocycles. The number of hydrogen-bond donors (Lipinski definition) is 0. The molecule has 404 valence electrons. The zero-order valence-electron chi connectivity index (χ0n) is 47.0. The molecule has 10 rings (SSSR count). The normalized spacial score (nSPS) is 10.9. The van der Waals surface area contributed by atoms with Crippen LogP contribution in [0.1, 0.15) is 55.6 Å². The second-order valence-corrected chi connectivity index (χ2v) is 24.0. The van der Waals surface area contributed by atoms with Crippen molar-refractivity contribution in [2.24, 2.45) is 0 Å². The van der Waals surface area contributed by atoms with Gasteiger partial charge in [0.1, 0.15) is 31.8 Å². The van der Waals surface area contributed by atoms with Crippen molar-refractivity contribution in [1.29, 1.82) is 0 Å². The van der Waals surface area contributed by atoms with Gasteiger partial charge in [-0.05, 0) is 122 Å². The number of allylic oxidation sites excluding steroid dienone is 4. The van der Waals surface area contributed by atoms with E-state index in [0.717, 1.165) is 22.3 Å². The van der Waals surface area contributed by atoms with E-state index in [9.17, 15) is 9.59 Å². The number of hydrogen-bond acceptors (Lipinski definition) is 2. The number of aryl methyl sites for hydroxylation is 6. The molecule has 0 N–H and O–H groups in total. The van der Waals surface area contributed by atoms with Gasteiger partial charge in [0, 0.05) is 0 Å². The molecule has 0 aliphatic carbocycles. The average Bonchev–Trinajstić information content (AvgIpc) is 3.52. The summed E-state index contributed by atoms with van der Waals surface area (Å²) in [5.74, 6) is -0.273. The Morgan fingerprint density at radius 3 is 0.667 bits per heavy atom. The van der Waals surface area contributed by atoms with Crippen LogP contribution in [0.4, 0.5) is 0 Å². The minimum absolute atomic E-state index is 0. The summed E-state index contributed by atoms with van der Waals surface area (Å²) in [6.45, 7) is 13.4. The first-order chi connectivity index (χ1) is 39.0. The quantitative estimate of drug-likeness (QED) is 0.0471. The number of rotatable bonds is 14. The summed E-state index contributed by atoms with van der Waals surface area (Å²) in [5, 5.41) is 8.98. The molecule has 0 aliphatic rings. The van der Waals surface area contributed by atoms with Crippen LogP contribution >= 0.6 is 15.8 Å². The molecule has 10 aromatic rings. The Morgan fingerprint density at radius 1 is 0.272 bits per heavy atom. The fourth-order valence-corrected chi connectivity index (χ4v) is 15.2. The summed E-state index contributed by atoms with van der Waals surface area (Å²) in [6.07, 6.45) is 15.4. The Labute approximate surface area is 498 Å². The average molecular weight is 1180 g/mol. The van der Waals surface area contributed by atoms with Crippen LogP contribution in [-0.2, 0) is 30.0 Å². The third-order valence-electron chi connectivity index (χ3n) is 13.3. The fraction of sp³-hybridized carbons (Fsp3) is 0.0789. The van der Waals surface area contributed by atoms with Crippen molar-refractivity contribution in [1.82, 2.24) is 0 Å². The molecule has 2 nitrogen and oxygen atoms in total. The van der Waals surface area contributed by atoms with Crippen molar-refractivity contribution in [2.75, 3.05) is 0 Å². The summed E-state index contributed by atoms with van der Waals surface area (Å²) in [6, 6.07) is 91.8. The van der Waals surface area contributed by atoms with Crippen LogP contribution in [0.15, 0.2) is 279 Å². The zero-order chi connectivity index (χ0) is 56.3. The second-order valence-electron chi connectivity index (χ2n) is 19.3. The van der Waals surface area contributed by atoms with E-state index in [1.807, 2.05) is 121 Å². The van der Waals surface area contributed by atoms with E-state index in [2.05, 4.69) is 199 Å². The zero-order valence-corrected chi connectivity index (χ0v) is 50.6. The van der Waals surface area contributed by atoms with Gasteiger partial charge in [0.25, 0.3) is 0 Å². The van der Waals surface area contributed by atoms with Gasteiger partial charge < -0.3 is 9.59 Å². The van der Waals surface area contributed by atoms with Gasteiger partial charge in [-0.3, -0.25) is 0 Å². The first kappa shape index (κ1) is 62.2. The molecule has 0 saturated carbocycles. The molecule has 0 unspecified atom stereocenters. The van der Waals surface area contributed by atoms with E-state index >= 15 is 0 Å². The van der Waals surface area contributed by atoms with E-state index < -0.39 is 15.8 Å². The van der Waals surface area contributed by atoms with Crippen LogP contribution in [0.25, 0.3) is 24.3 Å². The van der Waals surface area contributed by atoms with Gasteiger partial charge in [0.2, 0.25) is 0 Å². The molecule has 0 amide bonds. The van der Waals surface area contributed by atoms with Crippen molar-refractivity contribution in [3.63, 3.8) is 0 Å². The van der Waals surface area contributed by atoms with Crippen molar-refractivity contribution < 1.29 is 30.0 Å². The maximum atomic E-state index is 11.6. The van der Waals surface area contributed by atoms with E-state index in [4.69, 9.17) is 0 Å². The summed E-state index contributed by atoms with van der Waals surface area (Å²) in [7, 11) is -1.94. The van der Waals surface area contributed by atoms with Crippen molar-refractivity contribution >= 4 is 83.5 Å². The standard InChI is InChI=1S/2C21H21P.2C17H13O.Pd/c2*1-16-10-4-7-13-19(16)22(20-14-8-5-11-17(20)2)21-15-9-6-12-18(21)3;2*18-17(13-11-15-7-3-1-4-8-15)14-12-16-9-5-2-6-10-16;/h2*4-15H,1-3H3;2*1-13H;/q;;2*-1;+2/p+2. The predicted molar refractivity (Wildman–Crippen MR) is 351 cm³/mol. The Bertz CT molecular complexity index is 3100. The smallest absolute Gasteiger partial charge is 0.319 e. The Hall–Kier alpha value is -7.98. The second kappa shape index (κ2) is 33.6. The van der Waals surface area contributed by atoms with Crippen LogP contribution in [0.2, 0.25) is 0 Å². The third-order valence-corrected chi connectivity index (χ3v) is 19.9. The molecule has 81 heavy (non-hydrogen) atoms. The molecular weight excluding hydrogens is 1110 g/mol. The Balaban J connectivity index is 0.000000174. The summed E-state index contributed by atoms with van der Waals surface area (Å²) in [5.41, 5.74) is 12.3. The topological polar surface area (TPSA) is 34.1 Å². The van der Waals surface area contributed by atoms with Gasteiger partial charge in [-0.1, -0.05) is 206 Å². The van der Waals surface area contributed by atoms with Gasteiger partial charge in [-0.15, -0.1) is 71.8 Å². The monoisotopic (exact) mass is 1180 g/mol. The minimum atomic E-state index is -0.968. The molecule has 0 spiro atoms. The van der Waals surface area contributed by atoms with Crippen LogP contribution in [0.3, 0.4) is 0 Å². The van der Waals surface area contributed by atoms with Gasteiger partial charge >= 0.3 is 20.4 Å². The molecule has 0 fully saturated rings. The van der Waals surface area contributed by atoms with Crippen molar-refractivity contribution in [2.45, 2.75) is 41.5 Å². The molecular formula is C76H70O2P2Pd+2. The molecule has 0 saturated heterocycles. The van der Waals surface area contributed by atoms with E-state index in [1.54, 1.807) is 24.3 Å². The fourth-order valence-electron chi connectivity index (χ4n) is 8.97. The molecule has 0 bridgehead atoms. The Morgan fingerprint density at radius 2 is 0.457 bits per heavy atom. The third kappa shape index (κ3) is 19.7. The predicted octanol–water partition coefficient (Wildman–Crippen LogP) is 15.8. The van der Waals surface area contributed by atoms with Gasteiger partial charge in [0.05, 0.1) is 27.4 Å². The largest absolute Gasteiger partial charge is 2.00 e. The van der Waals surface area contributed by atoms with Crippen LogP contribution < -0.4 is 31.8 Å². The van der Waals surface area contributed by atoms with Crippen LogP contribution in [-0.4, -0.2) is 11.6 Å². The number of carbonyl (C=O) groups is 2. The summed E-state index contributed by atoms with van der Waals surface area (Å²) in [4.78, 5) is 23.1. The molecule has 0 aliphatic heterocycles. The van der Waals surface area contributed by atoms with E-state index in [1.165, 1.54) is 77.4 Å². The van der Waals surface area contributed by atoms with Gasteiger partial charge in [0.15, 0.2) is 0 Å². The number of carbonyl (C=O) groups excluding carboxylic acids is 2. The molecule has 10 aromatic carbocycles. The van der Waals surface area contributed by atoms with Crippen molar-refractivity contribution in [3.05, 3.63) is 347 Å². The van der Waals surface area contributed by atoms with Gasteiger partial charge in [-0.25, -0.2) is 0 Å².